The Kier molecular flexibility index (Phi) is 4.27. The molecule has 3 rings (SSSR count). The summed E-state index contributed by atoms with van der Waals surface area (Å²) in [6, 6.07) is 0.332. The molecule has 0 saturated heterocycles. The molecule has 2 aromatic heterocycles. The quantitative estimate of drug-likeness (QED) is 0.937. The molecule has 126 valence electrons. The Bertz CT molecular complexity index is 667. The second-order valence-corrected chi connectivity index (χ2v) is 7.35. The number of rotatable bonds is 4. The van der Waals surface area contributed by atoms with Gasteiger partial charge in [-0.2, -0.15) is 5.10 Å². The summed E-state index contributed by atoms with van der Waals surface area (Å²) < 4.78 is 7.85. The highest BCUT2D eigenvalue weighted by Crippen LogP contribution is 2.33. The monoisotopic (exact) mass is 317 g/mol. The van der Waals surface area contributed by atoms with Gasteiger partial charge in [-0.1, -0.05) is 6.92 Å². The molecule has 0 unspecified atom stereocenters. The van der Waals surface area contributed by atoms with Crippen molar-refractivity contribution in [2.45, 2.75) is 77.9 Å². The normalized spacial score (nSPS) is 19.6. The molecule has 6 heteroatoms. The molecule has 1 aliphatic carbocycles. The van der Waals surface area contributed by atoms with E-state index in [9.17, 15) is 0 Å². The van der Waals surface area contributed by atoms with E-state index in [1.54, 1.807) is 0 Å². The smallest absolute Gasteiger partial charge is 0.233 e. The molecule has 0 fully saturated rings. The fraction of sp³-hybridized carbons (Fsp3) is 0.706. The van der Waals surface area contributed by atoms with E-state index >= 15 is 0 Å². The zero-order valence-electron chi connectivity index (χ0n) is 14.8. The molecule has 0 aromatic carbocycles. The Balaban J connectivity index is 1.79. The lowest BCUT2D eigenvalue weighted by molar-refractivity contribution is 0.323. The van der Waals surface area contributed by atoms with E-state index in [4.69, 9.17) is 4.42 Å². The van der Waals surface area contributed by atoms with Crippen LogP contribution in [-0.2, 0) is 18.4 Å². The van der Waals surface area contributed by atoms with Crippen molar-refractivity contribution in [1.82, 2.24) is 25.3 Å². The first-order chi connectivity index (χ1) is 10.9. The third-order valence-corrected chi connectivity index (χ3v) is 4.42. The van der Waals surface area contributed by atoms with Crippen LogP contribution < -0.4 is 5.32 Å². The first kappa shape index (κ1) is 16.2. The molecule has 1 aliphatic rings. The van der Waals surface area contributed by atoms with Crippen LogP contribution in [0.25, 0.3) is 0 Å². The molecule has 0 amide bonds. The molecular weight excluding hydrogens is 290 g/mol. The largest absolute Gasteiger partial charge is 0.424 e. The van der Waals surface area contributed by atoms with Gasteiger partial charge in [0, 0.05) is 23.7 Å². The average molecular weight is 317 g/mol. The maximum Gasteiger partial charge on any atom is 0.233 e. The van der Waals surface area contributed by atoms with Crippen LogP contribution in [0.1, 0.15) is 82.6 Å². The van der Waals surface area contributed by atoms with Crippen LogP contribution in [-0.4, -0.2) is 20.0 Å². The molecular formula is C17H27N5O. The molecule has 0 saturated carbocycles. The van der Waals surface area contributed by atoms with Crippen molar-refractivity contribution in [2.75, 3.05) is 0 Å². The van der Waals surface area contributed by atoms with Gasteiger partial charge in [0.15, 0.2) is 0 Å². The van der Waals surface area contributed by atoms with Crippen molar-refractivity contribution in [3.63, 3.8) is 0 Å². The number of hydrogen-bond acceptors (Lipinski definition) is 5. The van der Waals surface area contributed by atoms with Crippen LogP contribution in [0.3, 0.4) is 0 Å². The minimum Gasteiger partial charge on any atom is -0.424 e. The fourth-order valence-corrected chi connectivity index (χ4v) is 3.27. The van der Waals surface area contributed by atoms with Crippen LogP contribution in [0.2, 0.25) is 0 Å². The molecule has 1 N–H and O–H groups in total. The van der Waals surface area contributed by atoms with Crippen LogP contribution in [0.4, 0.5) is 0 Å². The number of nitrogens with one attached hydrogen (secondary N) is 1. The highest BCUT2D eigenvalue weighted by molar-refractivity contribution is 5.26. The van der Waals surface area contributed by atoms with Gasteiger partial charge in [-0.15, -0.1) is 10.2 Å². The number of aromatic nitrogens is 4. The highest BCUT2D eigenvalue weighted by Gasteiger charge is 2.29. The molecule has 0 aliphatic heterocycles. The molecule has 0 spiro atoms. The van der Waals surface area contributed by atoms with Gasteiger partial charge >= 0.3 is 0 Å². The Morgan fingerprint density at radius 2 is 2.17 bits per heavy atom. The summed E-state index contributed by atoms with van der Waals surface area (Å²) >= 11 is 0. The fourth-order valence-electron chi connectivity index (χ4n) is 3.27. The lowest BCUT2D eigenvalue weighted by Crippen LogP contribution is -2.30. The highest BCUT2D eigenvalue weighted by atomic mass is 16.4. The van der Waals surface area contributed by atoms with E-state index in [2.05, 4.69) is 53.0 Å². The zero-order chi connectivity index (χ0) is 16.6. The number of aryl methyl sites for hydroxylation is 1. The number of nitrogens with zero attached hydrogens (tertiary/aromatic N) is 4. The van der Waals surface area contributed by atoms with Crippen LogP contribution in [0.5, 0.6) is 0 Å². The van der Waals surface area contributed by atoms with E-state index in [1.165, 1.54) is 17.7 Å². The van der Waals surface area contributed by atoms with E-state index in [-0.39, 0.29) is 11.6 Å². The number of hydrogen-bond donors (Lipinski definition) is 1. The van der Waals surface area contributed by atoms with Crippen molar-refractivity contribution in [2.24, 2.45) is 0 Å². The van der Waals surface area contributed by atoms with E-state index < -0.39 is 0 Å². The van der Waals surface area contributed by atoms with Gasteiger partial charge in [0.25, 0.3) is 0 Å². The standard InChI is InChI=1S/C17H27N5O/c1-6-15-20-21-16(23-15)11(2)19-13-8-7-9-14-12(13)10-18-22(14)17(3,4)5/h10-11,13,19H,6-9H2,1-5H3/t11-,13-/m1/s1. The summed E-state index contributed by atoms with van der Waals surface area (Å²) in [5.41, 5.74) is 2.69. The van der Waals surface area contributed by atoms with E-state index in [1.807, 2.05) is 13.1 Å². The Morgan fingerprint density at radius 3 is 2.83 bits per heavy atom. The Hall–Kier alpha value is -1.69. The van der Waals surface area contributed by atoms with Gasteiger partial charge in [0.1, 0.15) is 0 Å². The molecule has 2 atom stereocenters. The van der Waals surface area contributed by atoms with Gasteiger partial charge in [0.2, 0.25) is 11.8 Å². The van der Waals surface area contributed by atoms with Crippen LogP contribution in [0.15, 0.2) is 10.6 Å². The Labute approximate surface area is 137 Å². The minimum atomic E-state index is 0.0175. The third-order valence-electron chi connectivity index (χ3n) is 4.42. The summed E-state index contributed by atoms with van der Waals surface area (Å²) in [4.78, 5) is 0. The first-order valence-electron chi connectivity index (χ1n) is 8.55. The van der Waals surface area contributed by atoms with Gasteiger partial charge in [-0.25, -0.2) is 0 Å². The number of fused-ring (bicyclic) bond motifs is 1. The average Bonchev–Trinajstić information content (AvgIpc) is 3.13. The van der Waals surface area contributed by atoms with Crippen molar-refractivity contribution in [3.8, 4) is 0 Å². The maximum absolute atomic E-state index is 5.68. The summed E-state index contributed by atoms with van der Waals surface area (Å²) in [5, 5.41) is 16.5. The predicted molar refractivity (Wildman–Crippen MR) is 88.1 cm³/mol. The lowest BCUT2D eigenvalue weighted by Gasteiger charge is -2.29. The summed E-state index contributed by atoms with van der Waals surface area (Å²) in [6.07, 6.45) is 6.17. The summed E-state index contributed by atoms with van der Waals surface area (Å²) in [6.45, 7) is 10.7. The summed E-state index contributed by atoms with van der Waals surface area (Å²) in [5.74, 6) is 1.36. The van der Waals surface area contributed by atoms with Crippen LogP contribution >= 0.6 is 0 Å². The topological polar surface area (TPSA) is 68.8 Å². The van der Waals surface area contributed by atoms with Crippen molar-refractivity contribution < 1.29 is 4.42 Å². The SMILES string of the molecule is CCc1nnc([C@@H](C)N[C@@H]2CCCc3c2cnn3C(C)(C)C)o1. The maximum atomic E-state index is 5.68. The van der Waals surface area contributed by atoms with Crippen molar-refractivity contribution in [1.29, 1.82) is 0 Å². The van der Waals surface area contributed by atoms with Gasteiger partial charge < -0.3 is 4.42 Å². The Morgan fingerprint density at radius 1 is 1.39 bits per heavy atom. The van der Waals surface area contributed by atoms with Gasteiger partial charge in [-0.3, -0.25) is 10.00 Å². The first-order valence-corrected chi connectivity index (χ1v) is 8.55. The van der Waals surface area contributed by atoms with Gasteiger partial charge in [-0.05, 0) is 47.0 Å². The lowest BCUT2D eigenvalue weighted by atomic mass is 9.91. The second-order valence-electron chi connectivity index (χ2n) is 7.35. The third kappa shape index (κ3) is 3.17. The predicted octanol–water partition coefficient (Wildman–Crippen LogP) is 3.31. The van der Waals surface area contributed by atoms with E-state index in [0.717, 1.165) is 19.3 Å². The zero-order valence-corrected chi connectivity index (χ0v) is 14.8. The molecule has 6 nitrogen and oxygen atoms in total. The molecule has 0 radical (unpaired) electrons. The molecule has 2 aromatic rings. The molecule has 2 heterocycles. The van der Waals surface area contributed by atoms with Gasteiger partial charge in [0.05, 0.1) is 17.8 Å². The summed E-state index contributed by atoms with van der Waals surface area (Å²) in [7, 11) is 0. The second kappa shape index (κ2) is 6.07. The van der Waals surface area contributed by atoms with E-state index in [0.29, 0.717) is 17.8 Å². The van der Waals surface area contributed by atoms with Crippen LogP contribution in [0, 0.1) is 0 Å². The van der Waals surface area contributed by atoms with Crippen molar-refractivity contribution in [3.05, 3.63) is 29.2 Å². The molecule has 0 bridgehead atoms. The molecule has 23 heavy (non-hydrogen) atoms. The minimum absolute atomic E-state index is 0.0175. The van der Waals surface area contributed by atoms with Crippen molar-refractivity contribution >= 4 is 0 Å².